The molecule has 8 heteroatoms. The molecule has 34 heavy (non-hydrogen) atoms. The van der Waals surface area contributed by atoms with Crippen LogP contribution in [0.5, 0.6) is 0 Å². The van der Waals surface area contributed by atoms with Gasteiger partial charge in [-0.2, -0.15) is 0 Å². The van der Waals surface area contributed by atoms with E-state index in [0.717, 1.165) is 63.4 Å². The number of fused-ring (bicyclic) bond motifs is 2. The summed E-state index contributed by atoms with van der Waals surface area (Å²) in [6.45, 7) is 9.63. The molecule has 5 aromatic rings. The lowest BCUT2D eigenvalue weighted by molar-refractivity contribution is 0.122. The van der Waals surface area contributed by atoms with Gasteiger partial charge in [0.05, 0.1) is 30.6 Å². The number of nitrogens with zero attached hydrogens (tertiary/aromatic N) is 6. The number of ether oxygens (including phenoxy) is 1. The molecule has 0 radical (unpaired) electrons. The number of imidazole rings is 1. The van der Waals surface area contributed by atoms with Gasteiger partial charge in [0.1, 0.15) is 5.65 Å². The van der Waals surface area contributed by atoms with Gasteiger partial charge < -0.3 is 19.2 Å². The Morgan fingerprint density at radius 3 is 2.41 bits per heavy atom. The molecule has 0 amide bonds. The minimum Gasteiger partial charge on any atom is -0.378 e. The topological polar surface area (TPSA) is 84.8 Å². The van der Waals surface area contributed by atoms with Crippen LogP contribution < -0.4 is 4.90 Å². The van der Waals surface area contributed by atoms with Crippen molar-refractivity contribution >= 4 is 28.0 Å². The number of rotatable bonds is 3. The Balaban J connectivity index is 1.38. The predicted molar refractivity (Wildman–Crippen MR) is 134 cm³/mol. The molecule has 1 saturated heterocycles. The predicted octanol–water partition coefficient (Wildman–Crippen LogP) is 4.63. The largest absolute Gasteiger partial charge is 0.378 e. The first-order chi connectivity index (χ1) is 16.5. The summed E-state index contributed by atoms with van der Waals surface area (Å²) in [4.78, 5) is 23.9. The number of nitrogens with one attached hydrogen (secondary N) is 1. The molecule has 6 rings (SSSR count). The summed E-state index contributed by atoms with van der Waals surface area (Å²) in [6.07, 6.45) is 9.57. The SMILES string of the molecule is CC(C)(C)n1cnc2ccc(-c3c[nH]c4ncc(-c5cnc(N6CCOCC6)nc5)cc34)cc21. The Labute approximate surface area is 197 Å². The van der Waals surface area contributed by atoms with E-state index in [-0.39, 0.29) is 5.54 Å². The van der Waals surface area contributed by atoms with Crippen LogP contribution in [0.3, 0.4) is 0 Å². The molecule has 0 aliphatic carbocycles. The number of aromatic nitrogens is 6. The normalized spacial score (nSPS) is 14.9. The Morgan fingerprint density at radius 1 is 0.882 bits per heavy atom. The molecule has 5 heterocycles. The van der Waals surface area contributed by atoms with Crippen molar-refractivity contribution in [1.29, 1.82) is 0 Å². The van der Waals surface area contributed by atoms with Gasteiger partial charge in [-0.25, -0.2) is 19.9 Å². The third kappa shape index (κ3) is 3.60. The van der Waals surface area contributed by atoms with Gasteiger partial charge in [0, 0.05) is 65.5 Å². The Kier molecular flexibility index (Phi) is 4.84. The quantitative estimate of drug-likeness (QED) is 0.429. The molecule has 0 spiro atoms. The van der Waals surface area contributed by atoms with Crippen LogP contribution in [0.25, 0.3) is 44.3 Å². The van der Waals surface area contributed by atoms with E-state index in [0.29, 0.717) is 13.2 Å². The van der Waals surface area contributed by atoms with Gasteiger partial charge in [0.15, 0.2) is 0 Å². The number of H-pyrrole nitrogens is 1. The molecular weight excluding hydrogens is 426 g/mol. The van der Waals surface area contributed by atoms with Crippen LogP contribution >= 0.6 is 0 Å². The van der Waals surface area contributed by atoms with E-state index in [1.54, 1.807) is 0 Å². The highest BCUT2D eigenvalue weighted by molar-refractivity contribution is 5.97. The zero-order chi connectivity index (χ0) is 23.3. The second-order valence-electron chi connectivity index (χ2n) is 9.68. The molecule has 1 N–H and O–H groups in total. The van der Waals surface area contributed by atoms with Crippen molar-refractivity contribution in [3.8, 4) is 22.3 Å². The summed E-state index contributed by atoms with van der Waals surface area (Å²) < 4.78 is 7.64. The average Bonchev–Trinajstić information content (AvgIpc) is 3.48. The van der Waals surface area contributed by atoms with Crippen molar-refractivity contribution in [1.82, 2.24) is 29.5 Å². The van der Waals surface area contributed by atoms with Gasteiger partial charge in [0.25, 0.3) is 0 Å². The number of pyridine rings is 1. The monoisotopic (exact) mass is 453 g/mol. The van der Waals surface area contributed by atoms with Gasteiger partial charge in [-0.05, 0) is 44.5 Å². The van der Waals surface area contributed by atoms with Gasteiger partial charge in [-0.15, -0.1) is 0 Å². The van der Waals surface area contributed by atoms with E-state index >= 15 is 0 Å². The second-order valence-corrected chi connectivity index (χ2v) is 9.68. The standard InChI is InChI=1S/C26H27N7O/c1-26(2,3)33-16-31-22-5-4-17(11-23(22)33)21-15-28-24-20(21)10-18(12-27-24)19-13-29-25(30-14-19)32-6-8-34-9-7-32/h4-5,10-16H,6-9H2,1-3H3,(H,27,28). The fourth-order valence-electron chi connectivity index (χ4n) is 4.51. The van der Waals surface area contributed by atoms with E-state index in [4.69, 9.17) is 4.74 Å². The Bertz CT molecular complexity index is 1470. The first-order valence-electron chi connectivity index (χ1n) is 11.6. The van der Waals surface area contributed by atoms with Gasteiger partial charge >= 0.3 is 0 Å². The van der Waals surface area contributed by atoms with Crippen molar-refractivity contribution in [2.24, 2.45) is 0 Å². The van der Waals surface area contributed by atoms with Crippen LogP contribution in [0, 0.1) is 0 Å². The summed E-state index contributed by atoms with van der Waals surface area (Å²) in [6, 6.07) is 8.58. The third-order valence-electron chi connectivity index (χ3n) is 6.38. The fraction of sp³-hybridized carbons (Fsp3) is 0.308. The molecular formula is C26H27N7O. The minimum atomic E-state index is -0.0459. The molecule has 4 aromatic heterocycles. The zero-order valence-corrected chi connectivity index (χ0v) is 19.6. The maximum absolute atomic E-state index is 5.42. The van der Waals surface area contributed by atoms with Crippen molar-refractivity contribution in [2.45, 2.75) is 26.3 Å². The van der Waals surface area contributed by atoms with E-state index in [1.165, 1.54) is 0 Å². The molecule has 0 unspecified atom stereocenters. The number of anilines is 1. The highest BCUT2D eigenvalue weighted by Gasteiger charge is 2.18. The summed E-state index contributed by atoms with van der Waals surface area (Å²) >= 11 is 0. The number of benzene rings is 1. The highest BCUT2D eigenvalue weighted by atomic mass is 16.5. The minimum absolute atomic E-state index is 0.0459. The molecule has 1 aromatic carbocycles. The second kappa shape index (κ2) is 7.92. The Morgan fingerprint density at radius 2 is 1.65 bits per heavy atom. The summed E-state index contributed by atoms with van der Waals surface area (Å²) in [5, 5.41) is 1.07. The van der Waals surface area contributed by atoms with E-state index in [9.17, 15) is 0 Å². The third-order valence-corrected chi connectivity index (χ3v) is 6.38. The van der Waals surface area contributed by atoms with E-state index < -0.39 is 0 Å². The van der Waals surface area contributed by atoms with Crippen molar-refractivity contribution in [3.63, 3.8) is 0 Å². The molecule has 0 bridgehead atoms. The van der Waals surface area contributed by atoms with E-state index in [2.05, 4.69) is 79.4 Å². The molecule has 1 aliphatic rings. The van der Waals surface area contributed by atoms with Crippen LogP contribution in [-0.4, -0.2) is 55.8 Å². The first kappa shape index (κ1) is 20.8. The van der Waals surface area contributed by atoms with Crippen LogP contribution in [0.4, 0.5) is 5.95 Å². The molecule has 0 atom stereocenters. The maximum Gasteiger partial charge on any atom is 0.225 e. The fourth-order valence-corrected chi connectivity index (χ4v) is 4.51. The Hall–Kier alpha value is -3.78. The van der Waals surface area contributed by atoms with Gasteiger partial charge in [0.2, 0.25) is 5.95 Å². The molecule has 8 nitrogen and oxygen atoms in total. The summed E-state index contributed by atoms with van der Waals surface area (Å²) in [7, 11) is 0. The lowest BCUT2D eigenvalue weighted by Gasteiger charge is -2.26. The highest BCUT2D eigenvalue weighted by Crippen LogP contribution is 2.33. The van der Waals surface area contributed by atoms with Crippen LogP contribution in [0.1, 0.15) is 20.8 Å². The molecule has 0 saturated carbocycles. The van der Waals surface area contributed by atoms with Crippen molar-refractivity contribution in [2.75, 3.05) is 31.2 Å². The molecule has 1 fully saturated rings. The first-order valence-corrected chi connectivity index (χ1v) is 11.6. The van der Waals surface area contributed by atoms with Gasteiger partial charge in [-0.3, -0.25) is 0 Å². The lowest BCUT2D eigenvalue weighted by Crippen LogP contribution is -2.37. The zero-order valence-electron chi connectivity index (χ0n) is 19.6. The average molecular weight is 454 g/mol. The number of hydrogen-bond donors (Lipinski definition) is 1. The lowest BCUT2D eigenvalue weighted by atomic mass is 10.0. The van der Waals surface area contributed by atoms with Crippen LogP contribution in [0.2, 0.25) is 0 Å². The number of morpholine rings is 1. The number of hydrogen-bond acceptors (Lipinski definition) is 6. The smallest absolute Gasteiger partial charge is 0.225 e. The summed E-state index contributed by atoms with van der Waals surface area (Å²) in [5.74, 6) is 0.743. The van der Waals surface area contributed by atoms with Crippen LogP contribution in [0.15, 0.2) is 55.4 Å². The molecule has 1 aliphatic heterocycles. The summed E-state index contributed by atoms with van der Waals surface area (Å²) in [5.41, 5.74) is 7.10. The maximum atomic E-state index is 5.42. The van der Waals surface area contributed by atoms with Crippen molar-refractivity contribution in [3.05, 3.63) is 55.4 Å². The number of aromatic amines is 1. The molecule has 172 valence electrons. The van der Waals surface area contributed by atoms with Crippen LogP contribution in [-0.2, 0) is 10.3 Å². The van der Waals surface area contributed by atoms with E-state index in [1.807, 2.05) is 31.1 Å². The van der Waals surface area contributed by atoms with Crippen molar-refractivity contribution < 1.29 is 4.74 Å². The van der Waals surface area contributed by atoms with Gasteiger partial charge in [-0.1, -0.05) is 6.07 Å².